The molecule has 0 aliphatic heterocycles. The predicted octanol–water partition coefficient (Wildman–Crippen LogP) is 2.38. The van der Waals surface area contributed by atoms with Gasteiger partial charge in [-0.1, -0.05) is 12.8 Å². The second-order valence-electron chi connectivity index (χ2n) is 6.33. The van der Waals surface area contributed by atoms with E-state index >= 15 is 0 Å². The highest BCUT2D eigenvalue weighted by atomic mass is 16.5. The molecule has 1 N–H and O–H groups in total. The van der Waals surface area contributed by atoms with E-state index in [1.165, 1.54) is 12.8 Å². The van der Waals surface area contributed by atoms with Crippen molar-refractivity contribution in [3.8, 4) is 0 Å². The van der Waals surface area contributed by atoms with Gasteiger partial charge in [-0.3, -0.25) is 9.69 Å². The quantitative estimate of drug-likeness (QED) is 0.735. The third-order valence-corrected chi connectivity index (χ3v) is 4.98. The van der Waals surface area contributed by atoms with E-state index in [2.05, 4.69) is 11.8 Å². The van der Waals surface area contributed by atoms with Gasteiger partial charge in [-0.15, -0.1) is 0 Å². The van der Waals surface area contributed by atoms with Gasteiger partial charge in [-0.05, 0) is 38.5 Å². The van der Waals surface area contributed by atoms with Crippen molar-refractivity contribution in [2.75, 3.05) is 26.8 Å². The van der Waals surface area contributed by atoms with Gasteiger partial charge in [-0.2, -0.15) is 0 Å². The van der Waals surface area contributed by atoms with E-state index in [0.29, 0.717) is 19.2 Å². The number of carboxylic acids is 1. The molecule has 2 saturated carbocycles. The van der Waals surface area contributed by atoms with Gasteiger partial charge < -0.3 is 9.84 Å². The summed E-state index contributed by atoms with van der Waals surface area (Å²) in [5, 5.41) is 9.62. The molecule has 4 nitrogen and oxygen atoms in total. The van der Waals surface area contributed by atoms with E-state index in [1.54, 1.807) is 7.11 Å². The second kappa shape index (κ2) is 6.23. The Morgan fingerprint density at radius 3 is 2.53 bits per heavy atom. The number of ether oxygens (including phenoxy) is 1. The van der Waals surface area contributed by atoms with E-state index in [0.717, 1.165) is 38.1 Å². The van der Waals surface area contributed by atoms with Crippen molar-refractivity contribution in [1.82, 2.24) is 4.90 Å². The number of hydrogen-bond acceptors (Lipinski definition) is 3. The minimum atomic E-state index is -0.601. The van der Waals surface area contributed by atoms with Gasteiger partial charge in [0.2, 0.25) is 0 Å². The molecule has 2 fully saturated rings. The summed E-state index contributed by atoms with van der Waals surface area (Å²) in [6.45, 7) is 4.48. The number of aliphatic carboxylic acids is 1. The molecule has 0 aromatic rings. The lowest BCUT2D eigenvalue weighted by Crippen LogP contribution is -2.47. The molecule has 2 rings (SSSR count). The Hall–Kier alpha value is -0.610. The van der Waals surface area contributed by atoms with Crippen LogP contribution in [0.25, 0.3) is 0 Å². The molecule has 0 saturated heterocycles. The molecule has 0 heterocycles. The highest BCUT2D eigenvalue weighted by Gasteiger charge is 2.44. The zero-order valence-electron chi connectivity index (χ0n) is 12.2. The van der Waals surface area contributed by atoms with Crippen LogP contribution in [0.4, 0.5) is 0 Å². The predicted molar refractivity (Wildman–Crippen MR) is 74.2 cm³/mol. The third-order valence-electron chi connectivity index (χ3n) is 4.98. The summed E-state index contributed by atoms with van der Waals surface area (Å²) >= 11 is 0. The van der Waals surface area contributed by atoms with Crippen molar-refractivity contribution in [3.05, 3.63) is 0 Å². The average Bonchev–Trinajstić information content (AvgIpc) is 3.13. The third kappa shape index (κ3) is 3.48. The van der Waals surface area contributed by atoms with Crippen molar-refractivity contribution in [3.63, 3.8) is 0 Å². The Morgan fingerprint density at radius 1 is 1.42 bits per heavy atom. The largest absolute Gasteiger partial charge is 0.481 e. The number of hydrogen-bond donors (Lipinski definition) is 1. The first kappa shape index (κ1) is 14.8. The Balaban J connectivity index is 2.02. The molecule has 0 bridgehead atoms. The summed E-state index contributed by atoms with van der Waals surface area (Å²) in [6, 6.07) is 0.493. The van der Waals surface area contributed by atoms with E-state index in [4.69, 9.17) is 4.74 Å². The maximum Gasteiger partial charge on any atom is 0.310 e. The van der Waals surface area contributed by atoms with Crippen LogP contribution in [0.5, 0.6) is 0 Å². The fourth-order valence-electron chi connectivity index (χ4n) is 3.39. The fraction of sp³-hybridized carbons (Fsp3) is 0.933. The number of nitrogens with zero attached hydrogens (tertiary/aromatic N) is 1. The molecule has 19 heavy (non-hydrogen) atoms. The lowest BCUT2D eigenvalue weighted by Gasteiger charge is -2.36. The zero-order chi connectivity index (χ0) is 13.9. The molecule has 1 unspecified atom stereocenters. The number of rotatable bonds is 8. The molecule has 110 valence electrons. The molecule has 0 radical (unpaired) electrons. The van der Waals surface area contributed by atoms with Crippen molar-refractivity contribution >= 4 is 5.97 Å². The van der Waals surface area contributed by atoms with Crippen LogP contribution in [-0.4, -0.2) is 48.8 Å². The Kier molecular flexibility index (Phi) is 4.85. The van der Waals surface area contributed by atoms with Gasteiger partial charge in [0.25, 0.3) is 0 Å². The van der Waals surface area contributed by atoms with E-state index < -0.39 is 11.4 Å². The van der Waals surface area contributed by atoms with E-state index in [9.17, 15) is 9.90 Å². The Labute approximate surface area is 116 Å². The molecule has 1 atom stereocenters. The summed E-state index contributed by atoms with van der Waals surface area (Å²) in [7, 11) is 1.71. The SMILES string of the molecule is COCCN(CC1(C(=O)O)CCCC1)C(C)C1CC1. The zero-order valence-corrected chi connectivity index (χ0v) is 12.2. The fourth-order valence-corrected chi connectivity index (χ4v) is 3.39. The van der Waals surface area contributed by atoms with Gasteiger partial charge in [0.1, 0.15) is 0 Å². The van der Waals surface area contributed by atoms with Gasteiger partial charge in [0, 0.05) is 26.2 Å². The van der Waals surface area contributed by atoms with Gasteiger partial charge in [0.05, 0.1) is 12.0 Å². The first-order valence-electron chi connectivity index (χ1n) is 7.55. The minimum Gasteiger partial charge on any atom is -0.481 e. The van der Waals surface area contributed by atoms with Crippen LogP contribution in [0.15, 0.2) is 0 Å². The molecule has 0 aromatic heterocycles. The summed E-state index contributed by atoms with van der Waals surface area (Å²) in [6.07, 6.45) is 6.38. The van der Waals surface area contributed by atoms with Crippen molar-refractivity contribution in [2.45, 2.75) is 51.5 Å². The first-order valence-corrected chi connectivity index (χ1v) is 7.55. The maximum atomic E-state index is 11.7. The van der Waals surface area contributed by atoms with Gasteiger partial charge in [-0.25, -0.2) is 0 Å². The summed E-state index contributed by atoms with van der Waals surface area (Å²) in [5.74, 6) is 0.166. The highest BCUT2D eigenvalue weighted by molar-refractivity contribution is 5.75. The highest BCUT2D eigenvalue weighted by Crippen LogP contribution is 2.41. The summed E-state index contributed by atoms with van der Waals surface area (Å²) in [5.41, 5.74) is -0.503. The van der Waals surface area contributed by atoms with Crippen LogP contribution in [0.1, 0.15) is 45.4 Å². The van der Waals surface area contributed by atoms with Gasteiger partial charge in [0.15, 0.2) is 0 Å². The van der Waals surface area contributed by atoms with Crippen LogP contribution in [0, 0.1) is 11.3 Å². The first-order chi connectivity index (χ1) is 9.09. The molecule has 0 aromatic carbocycles. The van der Waals surface area contributed by atoms with Crippen LogP contribution >= 0.6 is 0 Å². The molecular weight excluding hydrogens is 242 g/mol. The normalized spacial score (nSPS) is 23.7. The number of carbonyl (C=O) groups is 1. The van der Waals surface area contributed by atoms with Crippen LogP contribution < -0.4 is 0 Å². The maximum absolute atomic E-state index is 11.7. The summed E-state index contributed by atoms with van der Waals surface area (Å²) < 4.78 is 5.19. The molecular formula is C15H27NO3. The van der Waals surface area contributed by atoms with Crippen LogP contribution in [0.2, 0.25) is 0 Å². The molecule has 0 spiro atoms. The van der Waals surface area contributed by atoms with Crippen molar-refractivity contribution < 1.29 is 14.6 Å². The number of carboxylic acid groups (broad SMARTS) is 1. The van der Waals surface area contributed by atoms with Crippen LogP contribution in [-0.2, 0) is 9.53 Å². The lowest BCUT2D eigenvalue weighted by atomic mass is 9.85. The standard InChI is InChI=1S/C15H27NO3/c1-12(13-5-6-13)16(9-10-19-2)11-15(14(17)18)7-3-4-8-15/h12-13H,3-11H2,1-2H3,(H,17,18). The molecule has 2 aliphatic carbocycles. The molecule has 2 aliphatic rings. The minimum absolute atomic E-state index is 0.493. The van der Waals surface area contributed by atoms with Crippen molar-refractivity contribution in [1.29, 1.82) is 0 Å². The smallest absolute Gasteiger partial charge is 0.310 e. The van der Waals surface area contributed by atoms with Crippen LogP contribution in [0.3, 0.4) is 0 Å². The van der Waals surface area contributed by atoms with E-state index in [-0.39, 0.29) is 0 Å². The average molecular weight is 269 g/mol. The monoisotopic (exact) mass is 269 g/mol. The van der Waals surface area contributed by atoms with Crippen molar-refractivity contribution in [2.24, 2.45) is 11.3 Å². The second-order valence-corrected chi connectivity index (χ2v) is 6.33. The topological polar surface area (TPSA) is 49.8 Å². The summed E-state index contributed by atoms with van der Waals surface area (Å²) in [4.78, 5) is 14.0. The van der Waals surface area contributed by atoms with E-state index in [1.807, 2.05) is 0 Å². The Morgan fingerprint density at radius 2 is 2.05 bits per heavy atom. The molecule has 0 amide bonds. The molecule has 4 heteroatoms. The Bertz CT molecular complexity index is 309. The lowest BCUT2D eigenvalue weighted by molar-refractivity contribution is -0.150. The van der Waals surface area contributed by atoms with Gasteiger partial charge >= 0.3 is 5.97 Å². The number of methoxy groups -OCH3 is 1.